The van der Waals surface area contributed by atoms with Gasteiger partial charge in [-0.15, -0.1) is 0 Å². The summed E-state index contributed by atoms with van der Waals surface area (Å²) in [5, 5.41) is 9.69. The lowest BCUT2D eigenvalue weighted by Gasteiger charge is -2.31. The standard InChI is InChI=1S/C24H26F2N6O2/c1-24(5-6-24)23-30-21(31-34-23)22(33)29-13-16-3-2-15(12-18(16)20(25)26)17-4-7-28-14-19(17)32-10-8-27-9-11-32/h2-4,7,12,14,20,27H,5-6,8-11,13H2,1H3,(H,29,33). The van der Waals surface area contributed by atoms with Gasteiger partial charge >= 0.3 is 0 Å². The summed E-state index contributed by atoms with van der Waals surface area (Å²) in [6.45, 7) is 5.28. The van der Waals surface area contributed by atoms with E-state index in [9.17, 15) is 13.6 Å². The number of carbonyl (C=O) groups is 1. The summed E-state index contributed by atoms with van der Waals surface area (Å²) in [6, 6.07) is 6.77. The van der Waals surface area contributed by atoms with Gasteiger partial charge in [0.25, 0.3) is 18.2 Å². The molecule has 1 aliphatic heterocycles. The molecule has 0 radical (unpaired) electrons. The van der Waals surface area contributed by atoms with Crippen molar-refractivity contribution in [3.05, 3.63) is 59.5 Å². The molecule has 2 aliphatic rings. The number of anilines is 1. The minimum absolute atomic E-state index is 0.0685. The van der Waals surface area contributed by atoms with Crippen LogP contribution in [0.4, 0.5) is 14.5 Å². The average Bonchev–Trinajstić information content (AvgIpc) is 3.41. The van der Waals surface area contributed by atoms with Gasteiger partial charge in [-0.05, 0) is 36.1 Å². The first kappa shape index (κ1) is 22.4. The monoisotopic (exact) mass is 468 g/mol. The van der Waals surface area contributed by atoms with Gasteiger partial charge in [-0.3, -0.25) is 9.78 Å². The highest BCUT2D eigenvalue weighted by atomic mass is 19.3. The van der Waals surface area contributed by atoms with Crippen molar-refractivity contribution in [1.29, 1.82) is 0 Å². The van der Waals surface area contributed by atoms with Gasteiger partial charge in [0.15, 0.2) is 0 Å². The predicted octanol–water partition coefficient (Wildman–Crippen LogP) is 3.46. The van der Waals surface area contributed by atoms with Crippen LogP contribution in [0.2, 0.25) is 0 Å². The summed E-state index contributed by atoms with van der Waals surface area (Å²) in [6.07, 6.45) is 2.63. The van der Waals surface area contributed by atoms with Crippen molar-refractivity contribution in [2.45, 2.75) is 38.2 Å². The van der Waals surface area contributed by atoms with E-state index in [-0.39, 0.29) is 23.3 Å². The lowest BCUT2D eigenvalue weighted by Crippen LogP contribution is -2.43. The van der Waals surface area contributed by atoms with Crippen LogP contribution in [0, 0.1) is 0 Å². The van der Waals surface area contributed by atoms with Crippen LogP contribution >= 0.6 is 0 Å². The van der Waals surface area contributed by atoms with Crippen LogP contribution in [0.1, 0.15) is 53.8 Å². The van der Waals surface area contributed by atoms with Crippen LogP contribution in [-0.2, 0) is 12.0 Å². The number of nitrogens with zero attached hydrogens (tertiary/aromatic N) is 4. The van der Waals surface area contributed by atoms with Gasteiger partial charge in [0.05, 0.1) is 11.9 Å². The number of aromatic nitrogens is 3. The fourth-order valence-electron chi connectivity index (χ4n) is 4.13. The fourth-order valence-corrected chi connectivity index (χ4v) is 4.13. The smallest absolute Gasteiger partial charge is 0.292 e. The van der Waals surface area contributed by atoms with Crippen molar-refractivity contribution in [2.75, 3.05) is 31.1 Å². The van der Waals surface area contributed by atoms with Crippen LogP contribution in [-0.4, -0.2) is 47.2 Å². The number of hydrogen-bond acceptors (Lipinski definition) is 7. The molecule has 0 spiro atoms. The Bertz CT molecular complexity index is 1190. The maximum Gasteiger partial charge on any atom is 0.292 e. The molecule has 1 amide bonds. The Morgan fingerprint density at radius 2 is 2.06 bits per heavy atom. The minimum Gasteiger partial charge on any atom is -0.367 e. The third-order valence-corrected chi connectivity index (χ3v) is 6.53. The highest BCUT2D eigenvalue weighted by Crippen LogP contribution is 2.46. The van der Waals surface area contributed by atoms with E-state index in [0.29, 0.717) is 17.0 Å². The summed E-state index contributed by atoms with van der Waals surface area (Å²) in [7, 11) is 0. The Labute approximate surface area is 195 Å². The summed E-state index contributed by atoms with van der Waals surface area (Å²) in [4.78, 5) is 23.1. The lowest BCUT2D eigenvalue weighted by atomic mass is 9.98. The van der Waals surface area contributed by atoms with E-state index < -0.39 is 12.3 Å². The normalized spacial score (nSPS) is 17.1. The van der Waals surface area contributed by atoms with Gasteiger partial charge in [0.2, 0.25) is 5.89 Å². The molecular formula is C24H26F2N6O2. The number of hydrogen-bond donors (Lipinski definition) is 2. The third-order valence-electron chi connectivity index (χ3n) is 6.53. The van der Waals surface area contributed by atoms with Gasteiger partial charge in [0, 0.05) is 55.5 Å². The van der Waals surface area contributed by atoms with E-state index in [0.717, 1.165) is 50.3 Å². The Hall–Kier alpha value is -3.40. The number of amides is 1. The number of carbonyl (C=O) groups excluding carboxylic acids is 1. The molecule has 0 atom stereocenters. The Kier molecular flexibility index (Phi) is 5.99. The van der Waals surface area contributed by atoms with E-state index in [2.05, 4.69) is 30.7 Å². The first-order valence-corrected chi connectivity index (χ1v) is 11.4. The predicted molar refractivity (Wildman–Crippen MR) is 122 cm³/mol. The highest BCUT2D eigenvalue weighted by Gasteiger charge is 2.44. The number of nitrogens with one attached hydrogen (secondary N) is 2. The number of piperazine rings is 1. The van der Waals surface area contributed by atoms with Gasteiger partial charge in [-0.1, -0.05) is 24.2 Å². The van der Waals surface area contributed by atoms with Crippen molar-refractivity contribution >= 4 is 11.6 Å². The molecule has 10 heteroatoms. The highest BCUT2D eigenvalue weighted by molar-refractivity contribution is 5.90. The fraction of sp³-hybridized carbons (Fsp3) is 0.417. The van der Waals surface area contributed by atoms with E-state index in [4.69, 9.17) is 4.52 Å². The van der Waals surface area contributed by atoms with Crippen LogP contribution in [0.3, 0.4) is 0 Å². The largest absolute Gasteiger partial charge is 0.367 e. The molecular weight excluding hydrogens is 442 g/mol. The van der Waals surface area contributed by atoms with Gasteiger partial charge in [-0.2, -0.15) is 4.98 Å². The maximum atomic E-state index is 14.0. The van der Waals surface area contributed by atoms with Crippen LogP contribution in [0.15, 0.2) is 41.2 Å². The van der Waals surface area contributed by atoms with Gasteiger partial charge in [-0.25, -0.2) is 8.78 Å². The third kappa shape index (κ3) is 4.50. The van der Waals surface area contributed by atoms with Crippen molar-refractivity contribution in [2.24, 2.45) is 0 Å². The zero-order valence-corrected chi connectivity index (χ0v) is 18.9. The van der Waals surface area contributed by atoms with Crippen LogP contribution < -0.4 is 15.5 Å². The SMILES string of the molecule is CC1(c2nc(C(=O)NCc3ccc(-c4ccncc4N4CCNCC4)cc3C(F)F)no2)CC1. The zero-order chi connectivity index (χ0) is 23.7. The summed E-state index contributed by atoms with van der Waals surface area (Å²) >= 11 is 0. The molecule has 1 saturated carbocycles. The van der Waals surface area contributed by atoms with Gasteiger partial charge < -0.3 is 20.1 Å². The Morgan fingerprint density at radius 1 is 1.26 bits per heavy atom. The molecule has 8 nitrogen and oxygen atoms in total. The maximum absolute atomic E-state index is 14.0. The molecule has 5 rings (SSSR count). The minimum atomic E-state index is -2.69. The number of halogens is 2. The van der Waals surface area contributed by atoms with Crippen LogP contribution in [0.25, 0.3) is 11.1 Å². The molecule has 1 aromatic carbocycles. The molecule has 2 aromatic heterocycles. The Morgan fingerprint density at radius 3 is 2.79 bits per heavy atom. The van der Waals surface area contributed by atoms with Crippen molar-refractivity contribution in [3.63, 3.8) is 0 Å². The topological polar surface area (TPSA) is 96.2 Å². The molecule has 1 aliphatic carbocycles. The van der Waals surface area contributed by atoms with Crippen molar-refractivity contribution in [3.8, 4) is 11.1 Å². The first-order chi connectivity index (χ1) is 16.4. The summed E-state index contributed by atoms with van der Waals surface area (Å²) < 4.78 is 33.2. The summed E-state index contributed by atoms with van der Waals surface area (Å²) in [5.74, 6) is -0.206. The van der Waals surface area contributed by atoms with E-state index in [1.54, 1.807) is 24.5 Å². The molecule has 3 heterocycles. The molecule has 1 saturated heterocycles. The molecule has 2 N–H and O–H groups in total. The number of benzene rings is 1. The summed E-state index contributed by atoms with van der Waals surface area (Å²) in [5.41, 5.74) is 2.51. The van der Waals surface area contributed by atoms with Crippen LogP contribution in [0.5, 0.6) is 0 Å². The van der Waals surface area contributed by atoms with E-state index in [1.165, 1.54) is 6.07 Å². The second kappa shape index (κ2) is 9.09. The number of alkyl halides is 2. The molecule has 0 unspecified atom stereocenters. The quantitative estimate of drug-likeness (QED) is 0.548. The lowest BCUT2D eigenvalue weighted by molar-refractivity contribution is 0.0935. The second-order valence-electron chi connectivity index (χ2n) is 9.01. The number of pyridine rings is 1. The number of rotatable bonds is 7. The Balaban J connectivity index is 1.35. The van der Waals surface area contributed by atoms with Crippen molar-refractivity contribution < 1.29 is 18.1 Å². The van der Waals surface area contributed by atoms with Gasteiger partial charge in [0.1, 0.15) is 0 Å². The zero-order valence-electron chi connectivity index (χ0n) is 18.9. The molecule has 0 bridgehead atoms. The first-order valence-electron chi connectivity index (χ1n) is 11.4. The van der Waals surface area contributed by atoms with Crippen molar-refractivity contribution in [1.82, 2.24) is 25.8 Å². The second-order valence-corrected chi connectivity index (χ2v) is 9.01. The van der Waals surface area contributed by atoms with E-state index >= 15 is 0 Å². The molecule has 2 fully saturated rings. The average molecular weight is 469 g/mol. The molecule has 178 valence electrons. The molecule has 34 heavy (non-hydrogen) atoms. The molecule has 3 aromatic rings. The van der Waals surface area contributed by atoms with E-state index in [1.807, 2.05) is 13.0 Å².